The Kier molecular flexibility index (Phi) is 2.06. The van der Waals surface area contributed by atoms with Crippen molar-refractivity contribution in [3.05, 3.63) is 35.5 Å². The Morgan fingerprint density at radius 3 is 2.71 bits per heavy atom. The van der Waals surface area contributed by atoms with E-state index in [0.29, 0.717) is 10.5 Å². The van der Waals surface area contributed by atoms with Gasteiger partial charge in [0.2, 0.25) is 0 Å². The fraction of sp³-hybridized carbons (Fsp3) is 0.111. The van der Waals surface area contributed by atoms with Gasteiger partial charge >= 0.3 is 5.88 Å². The number of rotatable bonds is 2. The van der Waals surface area contributed by atoms with Gasteiger partial charge in [-0.1, -0.05) is 30.3 Å². The van der Waals surface area contributed by atoms with E-state index < -0.39 is 0 Å². The van der Waals surface area contributed by atoms with Crippen LogP contribution in [0.25, 0.3) is 11.3 Å². The van der Waals surface area contributed by atoms with Gasteiger partial charge in [0.15, 0.2) is 0 Å². The molecule has 0 fully saturated rings. The highest BCUT2D eigenvalue weighted by atomic mass is 16.8. The number of methoxy groups -OCH3 is 1. The van der Waals surface area contributed by atoms with Crippen molar-refractivity contribution in [1.29, 1.82) is 0 Å². The van der Waals surface area contributed by atoms with Crippen LogP contribution in [0.15, 0.2) is 35.0 Å². The molecule has 2 rings (SSSR count). The van der Waals surface area contributed by atoms with Crippen molar-refractivity contribution in [2.24, 2.45) is 0 Å². The van der Waals surface area contributed by atoms with Crippen LogP contribution in [-0.4, -0.2) is 12.3 Å². The zero-order valence-corrected chi connectivity index (χ0v) is 7.51. The summed E-state index contributed by atoms with van der Waals surface area (Å²) >= 11 is 0. The lowest BCUT2D eigenvalue weighted by atomic mass is 10.2. The minimum absolute atomic E-state index is 0.186. The van der Waals surface area contributed by atoms with Gasteiger partial charge in [-0.05, 0) is 4.90 Å². The standard InChI is InChI=1S/C9H8N2O3/c1-13-9-8(11(12)14-10-9)7-5-3-2-4-6-7/h2-6H,1H3. The summed E-state index contributed by atoms with van der Waals surface area (Å²) in [6.45, 7) is 0. The van der Waals surface area contributed by atoms with Gasteiger partial charge in [0.05, 0.1) is 12.3 Å². The van der Waals surface area contributed by atoms with Gasteiger partial charge in [0.25, 0.3) is 5.69 Å². The molecule has 1 aromatic heterocycles. The average Bonchev–Trinajstić information content (AvgIpc) is 2.61. The lowest BCUT2D eigenvalue weighted by Crippen LogP contribution is -2.25. The third kappa shape index (κ3) is 1.28. The molecule has 14 heavy (non-hydrogen) atoms. The predicted octanol–water partition coefficient (Wildman–Crippen LogP) is 0.984. The van der Waals surface area contributed by atoms with Crippen LogP contribution < -0.4 is 9.64 Å². The molecule has 0 aliphatic rings. The molecular formula is C9H8N2O3. The zero-order chi connectivity index (χ0) is 9.97. The van der Waals surface area contributed by atoms with E-state index in [1.54, 1.807) is 12.1 Å². The van der Waals surface area contributed by atoms with Gasteiger partial charge < -0.3 is 9.94 Å². The van der Waals surface area contributed by atoms with E-state index in [1.165, 1.54) is 7.11 Å². The van der Waals surface area contributed by atoms with Crippen LogP contribution >= 0.6 is 0 Å². The third-order valence-corrected chi connectivity index (χ3v) is 1.82. The Morgan fingerprint density at radius 2 is 2.07 bits per heavy atom. The van der Waals surface area contributed by atoms with E-state index >= 15 is 0 Å². The fourth-order valence-electron chi connectivity index (χ4n) is 1.20. The quantitative estimate of drug-likeness (QED) is 0.665. The highest BCUT2D eigenvalue weighted by molar-refractivity contribution is 5.60. The number of hydrogen-bond donors (Lipinski definition) is 0. The van der Waals surface area contributed by atoms with Crippen LogP contribution in [-0.2, 0) is 0 Å². The first kappa shape index (κ1) is 8.55. The first-order valence-electron chi connectivity index (χ1n) is 4.02. The second-order valence-corrected chi connectivity index (χ2v) is 2.65. The predicted molar refractivity (Wildman–Crippen MR) is 47.5 cm³/mol. The minimum Gasteiger partial charge on any atom is -0.458 e. The van der Waals surface area contributed by atoms with Crippen molar-refractivity contribution < 1.29 is 14.3 Å². The molecule has 2 aromatic rings. The number of aromatic nitrogens is 2. The Labute approximate surface area is 80.1 Å². The highest BCUT2D eigenvalue weighted by Gasteiger charge is 2.21. The van der Waals surface area contributed by atoms with E-state index in [-0.39, 0.29) is 11.6 Å². The van der Waals surface area contributed by atoms with Gasteiger partial charge in [-0.25, -0.2) is 0 Å². The maximum atomic E-state index is 11.2. The third-order valence-electron chi connectivity index (χ3n) is 1.82. The molecule has 0 aliphatic carbocycles. The summed E-state index contributed by atoms with van der Waals surface area (Å²) in [5, 5.41) is 14.7. The van der Waals surface area contributed by atoms with Crippen molar-refractivity contribution in [2.45, 2.75) is 0 Å². The monoisotopic (exact) mass is 192 g/mol. The van der Waals surface area contributed by atoms with E-state index in [9.17, 15) is 5.21 Å². The Balaban J connectivity index is 2.55. The van der Waals surface area contributed by atoms with Crippen molar-refractivity contribution >= 4 is 0 Å². The smallest absolute Gasteiger partial charge is 0.402 e. The molecule has 1 aromatic carbocycles. The normalized spacial score (nSPS) is 10.1. The molecule has 1 heterocycles. The molecule has 0 spiro atoms. The summed E-state index contributed by atoms with van der Waals surface area (Å²) in [7, 11) is 1.43. The van der Waals surface area contributed by atoms with Crippen LogP contribution in [0.3, 0.4) is 0 Å². The van der Waals surface area contributed by atoms with E-state index in [2.05, 4.69) is 9.79 Å². The number of nitrogens with zero attached hydrogens (tertiary/aromatic N) is 2. The minimum atomic E-state index is 0.186. The molecule has 0 radical (unpaired) electrons. The molecule has 5 heteroatoms. The summed E-state index contributed by atoms with van der Waals surface area (Å²) in [4.78, 5) is 0.328. The molecule has 72 valence electrons. The second-order valence-electron chi connectivity index (χ2n) is 2.65. The molecule has 0 N–H and O–H groups in total. The van der Waals surface area contributed by atoms with Crippen molar-refractivity contribution in [1.82, 2.24) is 5.16 Å². The van der Waals surface area contributed by atoms with Gasteiger partial charge in [0.1, 0.15) is 0 Å². The summed E-state index contributed by atoms with van der Waals surface area (Å²) in [5.74, 6) is 0.186. The fourth-order valence-corrected chi connectivity index (χ4v) is 1.20. The lowest BCUT2D eigenvalue weighted by Gasteiger charge is -1.96. The van der Waals surface area contributed by atoms with Crippen LogP contribution in [0.5, 0.6) is 5.88 Å². The maximum Gasteiger partial charge on any atom is 0.402 e. The lowest BCUT2D eigenvalue weighted by molar-refractivity contribution is -0.793. The molecule has 0 atom stereocenters. The van der Waals surface area contributed by atoms with Gasteiger partial charge in [-0.2, -0.15) is 0 Å². The molecule has 0 aliphatic heterocycles. The highest BCUT2D eigenvalue weighted by Crippen LogP contribution is 2.23. The molecular weight excluding hydrogens is 184 g/mol. The maximum absolute atomic E-state index is 11.2. The Morgan fingerprint density at radius 1 is 1.36 bits per heavy atom. The van der Waals surface area contributed by atoms with Crippen LogP contribution in [0, 0.1) is 5.21 Å². The summed E-state index contributed by atoms with van der Waals surface area (Å²) in [6, 6.07) is 9.06. The van der Waals surface area contributed by atoms with Crippen molar-refractivity contribution in [3.8, 4) is 17.1 Å². The SMILES string of the molecule is COc1no[n+]([O-])c1-c1ccccc1. The molecule has 5 nitrogen and oxygen atoms in total. The molecule has 0 unspecified atom stereocenters. The number of benzene rings is 1. The Bertz CT molecular complexity index is 425. The first-order valence-corrected chi connectivity index (χ1v) is 4.02. The van der Waals surface area contributed by atoms with Gasteiger partial charge in [-0.15, -0.1) is 0 Å². The second kappa shape index (κ2) is 3.37. The van der Waals surface area contributed by atoms with Crippen molar-refractivity contribution in [2.75, 3.05) is 7.11 Å². The summed E-state index contributed by atoms with van der Waals surface area (Å²) < 4.78 is 9.32. The number of hydrogen-bond acceptors (Lipinski definition) is 4. The van der Waals surface area contributed by atoms with Gasteiger partial charge in [-0.3, -0.25) is 4.63 Å². The topological polar surface area (TPSA) is 62.2 Å². The van der Waals surface area contributed by atoms with Crippen LogP contribution in [0.4, 0.5) is 0 Å². The molecule has 0 bridgehead atoms. The van der Waals surface area contributed by atoms with Crippen LogP contribution in [0.1, 0.15) is 0 Å². The number of ether oxygens (including phenoxy) is 1. The van der Waals surface area contributed by atoms with E-state index in [4.69, 9.17) is 4.74 Å². The first-order chi connectivity index (χ1) is 6.83. The van der Waals surface area contributed by atoms with E-state index in [0.717, 1.165) is 0 Å². The van der Waals surface area contributed by atoms with Crippen molar-refractivity contribution in [3.63, 3.8) is 0 Å². The largest absolute Gasteiger partial charge is 0.458 e. The van der Waals surface area contributed by atoms with Crippen LogP contribution in [0.2, 0.25) is 0 Å². The Hall–Kier alpha value is -2.04. The van der Waals surface area contributed by atoms with E-state index in [1.807, 2.05) is 18.2 Å². The summed E-state index contributed by atoms with van der Waals surface area (Å²) in [5.41, 5.74) is 0.994. The average molecular weight is 192 g/mol. The molecule has 0 saturated heterocycles. The summed E-state index contributed by atoms with van der Waals surface area (Å²) in [6.07, 6.45) is 0. The van der Waals surface area contributed by atoms with Gasteiger partial charge in [0, 0.05) is 5.56 Å². The zero-order valence-electron chi connectivity index (χ0n) is 7.51. The molecule has 0 amide bonds. The molecule has 0 saturated carbocycles.